The molecular formula is C10H18N4O2. The summed E-state index contributed by atoms with van der Waals surface area (Å²) < 4.78 is 5.22. The first-order valence-electron chi connectivity index (χ1n) is 5.49. The van der Waals surface area contributed by atoms with Crippen LogP contribution in [0.15, 0.2) is 0 Å². The normalized spacial score (nSPS) is 10.4. The maximum Gasteiger partial charge on any atom is 0.251 e. The molecule has 0 unspecified atom stereocenters. The molecule has 0 aliphatic carbocycles. The molecule has 0 aromatic carbocycles. The van der Waals surface area contributed by atoms with Crippen molar-refractivity contribution in [2.45, 2.75) is 33.1 Å². The summed E-state index contributed by atoms with van der Waals surface area (Å²) in [6.07, 6.45) is 3.27. The Morgan fingerprint density at radius 3 is 2.88 bits per heavy atom. The Bertz CT molecular complexity index is 324. The molecule has 0 saturated carbocycles. The Labute approximate surface area is 94.8 Å². The minimum absolute atomic E-state index is 0.0655. The Hall–Kier alpha value is -1.43. The van der Waals surface area contributed by atoms with Gasteiger partial charge in [0, 0.05) is 6.61 Å². The van der Waals surface area contributed by atoms with Gasteiger partial charge in [0.15, 0.2) is 5.82 Å². The van der Waals surface area contributed by atoms with Gasteiger partial charge < -0.3 is 10.1 Å². The van der Waals surface area contributed by atoms with Crippen molar-refractivity contribution in [2.24, 2.45) is 0 Å². The number of anilines is 1. The highest BCUT2D eigenvalue weighted by Gasteiger charge is 2.07. The maximum atomic E-state index is 11.4. The molecule has 0 aliphatic heterocycles. The van der Waals surface area contributed by atoms with E-state index in [1.165, 1.54) is 0 Å². The Morgan fingerprint density at radius 1 is 1.44 bits per heavy atom. The molecule has 6 nitrogen and oxygen atoms in total. The van der Waals surface area contributed by atoms with E-state index < -0.39 is 0 Å². The van der Waals surface area contributed by atoms with Crippen molar-refractivity contribution < 1.29 is 9.53 Å². The van der Waals surface area contributed by atoms with Gasteiger partial charge in [0.1, 0.15) is 12.3 Å². The van der Waals surface area contributed by atoms with Crippen molar-refractivity contribution in [1.29, 1.82) is 0 Å². The number of amides is 1. The molecule has 0 bridgehead atoms. The monoisotopic (exact) mass is 226 g/mol. The van der Waals surface area contributed by atoms with Gasteiger partial charge in [-0.3, -0.25) is 4.79 Å². The minimum Gasteiger partial charge on any atom is -0.372 e. The van der Waals surface area contributed by atoms with Crippen LogP contribution in [-0.2, 0) is 9.53 Å². The van der Waals surface area contributed by atoms with Crippen molar-refractivity contribution in [3.63, 3.8) is 0 Å². The molecular weight excluding hydrogens is 208 g/mol. The topological polar surface area (TPSA) is 79.9 Å². The van der Waals surface area contributed by atoms with Gasteiger partial charge in [0.2, 0.25) is 0 Å². The number of nitrogens with zero attached hydrogens (tertiary/aromatic N) is 2. The van der Waals surface area contributed by atoms with Crippen LogP contribution < -0.4 is 5.32 Å². The third-order valence-electron chi connectivity index (χ3n) is 2.11. The lowest BCUT2D eigenvalue weighted by molar-refractivity contribution is -0.120. The fourth-order valence-electron chi connectivity index (χ4n) is 1.19. The molecule has 1 aromatic rings. The highest BCUT2D eigenvalue weighted by Crippen LogP contribution is 2.04. The zero-order chi connectivity index (χ0) is 11.8. The fraction of sp³-hybridized carbons (Fsp3) is 0.700. The second kappa shape index (κ2) is 6.95. The van der Waals surface area contributed by atoms with Gasteiger partial charge in [-0.05, 0) is 13.3 Å². The predicted octanol–water partition coefficient (Wildman–Crippen LogP) is 1.26. The van der Waals surface area contributed by atoms with Crippen LogP contribution in [0.5, 0.6) is 0 Å². The van der Waals surface area contributed by atoms with Gasteiger partial charge in [-0.1, -0.05) is 19.8 Å². The number of aromatic nitrogens is 3. The van der Waals surface area contributed by atoms with Gasteiger partial charge in [-0.2, -0.15) is 10.3 Å². The highest BCUT2D eigenvalue weighted by atomic mass is 16.5. The van der Waals surface area contributed by atoms with E-state index in [1.807, 2.05) is 0 Å². The van der Waals surface area contributed by atoms with Crippen LogP contribution in [-0.4, -0.2) is 34.5 Å². The molecule has 0 spiro atoms. The van der Waals surface area contributed by atoms with Crippen LogP contribution in [0.25, 0.3) is 0 Å². The van der Waals surface area contributed by atoms with Crippen molar-refractivity contribution in [3.05, 3.63) is 5.69 Å². The molecule has 0 radical (unpaired) electrons. The van der Waals surface area contributed by atoms with E-state index in [2.05, 4.69) is 27.7 Å². The van der Waals surface area contributed by atoms with Gasteiger partial charge in [-0.15, -0.1) is 5.10 Å². The number of carbonyl (C=O) groups is 1. The molecule has 6 heteroatoms. The molecule has 2 N–H and O–H groups in total. The molecule has 90 valence electrons. The summed E-state index contributed by atoms with van der Waals surface area (Å²) in [5.41, 5.74) is 0.666. The first-order chi connectivity index (χ1) is 7.74. The number of hydrogen-bond donors (Lipinski definition) is 2. The van der Waals surface area contributed by atoms with Crippen LogP contribution in [0.2, 0.25) is 0 Å². The average Bonchev–Trinajstić information content (AvgIpc) is 2.64. The summed E-state index contributed by atoms with van der Waals surface area (Å²) in [5.74, 6) is 0.260. The number of nitrogens with one attached hydrogen (secondary N) is 2. The quantitative estimate of drug-likeness (QED) is 0.686. The molecule has 16 heavy (non-hydrogen) atoms. The summed E-state index contributed by atoms with van der Waals surface area (Å²) in [4.78, 5) is 11.4. The van der Waals surface area contributed by atoms with Gasteiger partial charge in [-0.25, -0.2) is 0 Å². The summed E-state index contributed by atoms with van der Waals surface area (Å²) in [6, 6.07) is 0. The lowest BCUT2D eigenvalue weighted by atomic mass is 10.3. The van der Waals surface area contributed by atoms with Crippen molar-refractivity contribution >= 4 is 11.7 Å². The molecule has 1 aromatic heterocycles. The third kappa shape index (κ3) is 4.39. The summed E-state index contributed by atoms with van der Waals surface area (Å²) in [6.45, 7) is 4.58. The molecule has 1 heterocycles. The first kappa shape index (κ1) is 12.6. The molecule has 1 rings (SSSR count). The van der Waals surface area contributed by atoms with Crippen LogP contribution in [0.3, 0.4) is 0 Å². The largest absolute Gasteiger partial charge is 0.372 e. The van der Waals surface area contributed by atoms with E-state index >= 15 is 0 Å². The fourth-order valence-corrected chi connectivity index (χ4v) is 1.19. The number of aromatic amines is 1. The molecule has 1 amide bonds. The van der Waals surface area contributed by atoms with E-state index in [9.17, 15) is 4.79 Å². The lowest BCUT2D eigenvalue weighted by Gasteiger charge is -2.03. The van der Waals surface area contributed by atoms with Crippen LogP contribution in [0.1, 0.15) is 31.9 Å². The zero-order valence-electron chi connectivity index (χ0n) is 9.75. The first-order valence-corrected chi connectivity index (χ1v) is 5.49. The van der Waals surface area contributed by atoms with Gasteiger partial charge in [0.25, 0.3) is 5.91 Å². The Morgan fingerprint density at radius 2 is 2.25 bits per heavy atom. The smallest absolute Gasteiger partial charge is 0.251 e. The van der Waals surface area contributed by atoms with Crippen molar-refractivity contribution in [3.8, 4) is 0 Å². The average molecular weight is 226 g/mol. The number of rotatable bonds is 7. The molecule has 0 fully saturated rings. The van der Waals surface area contributed by atoms with E-state index in [4.69, 9.17) is 4.74 Å². The minimum atomic E-state index is -0.200. The Balaban J connectivity index is 2.14. The van der Waals surface area contributed by atoms with E-state index in [1.54, 1.807) is 6.92 Å². The zero-order valence-corrected chi connectivity index (χ0v) is 9.75. The number of ether oxygens (including phenoxy) is 1. The predicted molar refractivity (Wildman–Crippen MR) is 60.1 cm³/mol. The van der Waals surface area contributed by atoms with E-state index in [0.717, 1.165) is 19.3 Å². The van der Waals surface area contributed by atoms with Crippen molar-refractivity contribution in [2.75, 3.05) is 18.5 Å². The van der Waals surface area contributed by atoms with Gasteiger partial charge >= 0.3 is 0 Å². The standard InChI is InChI=1S/C10H18N4O2/c1-3-4-5-6-16-7-9(15)11-10-8(2)12-14-13-10/h3-7H2,1-2H3,(H2,11,12,13,14,15). The number of aryl methyl sites for hydroxylation is 1. The van der Waals surface area contributed by atoms with E-state index in [-0.39, 0.29) is 12.5 Å². The molecule has 0 aliphatic rings. The molecule has 0 atom stereocenters. The van der Waals surface area contributed by atoms with Gasteiger partial charge in [0.05, 0.1) is 0 Å². The second-order valence-corrected chi connectivity index (χ2v) is 3.57. The van der Waals surface area contributed by atoms with Crippen LogP contribution in [0, 0.1) is 6.92 Å². The Kier molecular flexibility index (Phi) is 5.49. The SMILES string of the molecule is CCCCCOCC(=O)Nc1n[nH]nc1C. The number of unbranched alkanes of at least 4 members (excludes halogenated alkanes) is 2. The van der Waals surface area contributed by atoms with E-state index in [0.29, 0.717) is 18.1 Å². The number of carbonyl (C=O) groups excluding carboxylic acids is 1. The summed E-state index contributed by atoms with van der Waals surface area (Å²) >= 11 is 0. The number of H-pyrrole nitrogens is 1. The third-order valence-corrected chi connectivity index (χ3v) is 2.11. The second-order valence-electron chi connectivity index (χ2n) is 3.57. The molecule has 0 saturated heterocycles. The maximum absolute atomic E-state index is 11.4. The van der Waals surface area contributed by atoms with Crippen LogP contribution in [0.4, 0.5) is 5.82 Å². The number of hydrogen-bond acceptors (Lipinski definition) is 4. The van der Waals surface area contributed by atoms with Crippen LogP contribution >= 0.6 is 0 Å². The van der Waals surface area contributed by atoms with Crippen molar-refractivity contribution in [1.82, 2.24) is 15.4 Å². The summed E-state index contributed by atoms with van der Waals surface area (Å²) in [7, 11) is 0. The highest BCUT2D eigenvalue weighted by molar-refractivity contribution is 5.91. The summed E-state index contributed by atoms with van der Waals surface area (Å²) in [5, 5.41) is 12.6. The lowest BCUT2D eigenvalue weighted by Crippen LogP contribution is -2.19.